The molecule has 3 aliphatic rings. The van der Waals surface area contributed by atoms with Crippen molar-refractivity contribution in [1.82, 2.24) is 10.2 Å². The molecule has 4 nitrogen and oxygen atoms in total. The number of carbonyl (C=O) groups excluding carboxylic acids is 1. The maximum Gasteiger partial charge on any atom is 0.224 e. The molecule has 2 bridgehead atoms. The monoisotopic (exact) mass is 307 g/mol. The third kappa shape index (κ3) is 3.48. The van der Waals surface area contributed by atoms with Crippen LogP contribution in [-0.4, -0.2) is 43.0 Å². The number of hydrogen-bond donors (Lipinski definition) is 2. The molecule has 0 radical (unpaired) electrons. The maximum atomic E-state index is 12.4. The fourth-order valence-corrected chi connectivity index (χ4v) is 5.33. The predicted octanol–water partition coefficient (Wildman–Crippen LogP) is 1.84. The molecule has 0 spiro atoms. The molecule has 0 aromatic heterocycles. The second-order valence-corrected chi connectivity index (χ2v) is 8.29. The van der Waals surface area contributed by atoms with Crippen LogP contribution in [0, 0.1) is 29.6 Å². The van der Waals surface area contributed by atoms with Gasteiger partial charge in [0.05, 0.1) is 5.92 Å². The van der Waals surface area contributed by atoms with E-state index in [1.54, 1.807) is 0 Å². The average Bonchev–Trinajstić information content (AvgIpc) is 3.03. The van der Waals surface area contributed by atoms with E-state index in [0.29, 0.717) is 11.8 Å². The summed E-state index contributed by atoms with van der Waals surface area (Å²) >= 11 is 0. The molecule has 3 fully saturated rings. The zero-order valence-corrected chi connectivity index (χ0v) is 14.3. The lowest BCUT2D eigenvalue weighted by Crippen LogP contribution is -2.46. The van der Waals surface area contributed by atoms with Gasteiger partial charge >= 0.3 is 0 Å². The van der Waals surface area contributed by atoms with Crippen LogP contribution < -0.4 is 11.1 Å². The molecular formula is C18H33N3O. The van der Waals surface area contributed by atoms with Crippen molar-refractivity contribution in [2.75, 3.05) is 26.2 Å². The molecule has 4 heteroatoms. The van der Waals surface area contributed by atoms with Crippen LogP contribution in [0.15, 0.2) is 0 Å². The molecule has 6 unspecified atom stereocenters. The summed E-state index contributed by atoms with van der Waals surface area (Å²) < 4.78 is 0. The van der Waals surface area contributed by atoms with Crippen molar-refractivity contribution in [3.8, 4) is 0 Å². The summed E-state index contributed by atoms with van der Waals surface area (Å²) in [4.78, 5) is 15.0. The highest BCUT2D eigenvalue weighted by molar-refractivity contribution is 5.80. The highest BCUT2D eigenvalue weighted by Gasteiger charge is 2.48. The number of nitrogens with zero attached hydrogens (tertiary/aromatic N) is 1. The molecule has 6 atom stereocenters. The fourth-order valence-electron chi connectivity index (χ4n) is 5.33. The third-order valence-corrected chi connectivity index (χ3v) is 6.18. The number of rotatable bonds is 5. The van der Waals surface area contributed by atoms with Crippen LogP contribution >= 0.6 is 0 Å². The summed E-state index contributed by atoms with van der Waals surface area (Å²) in [5, 5.41) is 3.16. The lowest BCUT2D eigenvalue weighted by atomic mass is 9.84. The Hall–Kier alpha value is -0.610. The van der Waals surface area contributed by atoms with E-state index in [0.717, 1.165) is 31.3 Å². The van der Waals surface area contributed by atoms with Crippen LogP contribution in [-0.2, 0) is 4.79 Å². The Morgan fingerprint density at radius 3 is 2.45 bits per heavy atom. The average molecular weight is 307 g/mol. The Morgan fingerprint density at radius 2 is 1.82 bits per heavy atom. The van der Waals surface area contributed by atoms with E-state index < -0.39 is 0 Å². The summed E-state index contributed by atoms with van der Waals surface area (Å²) in [6.45, 7) is 9.05. The van der Waals surface area contributed by atoms with Crippen LogP contribution in [0.25, 0.3) is 0 Å². The van der Waals surface area contributed by atoms with Crippen LogP contribution in [0.1, 0.15) is 46.0 Å². The van der Waals surface area contributed by atoms with Gasteiger partial charge in [0.25, 0.3) is 0 Å². The van der Waals surface area contributed by atoms with E-state index in [-0.39, 0.29) is 17.9 Å². The smallest absolute Gasteiger partial charge is 0.224 e. The topological polar surface area (TPSA) is 58.4 Å². The molecule has 126 valence electrons. The number of nitrogens with two attached hydrogens (primary N) is 1. The lowest BCUT2D eigenvalue weighted by molar-refractivity contribution is -0.127. The summed E-state index contributed by atoms with van der Waals surface area (Å²) in [5.41, 5.74) is 6.25. The number of amides is 1. The molecule has 1 amide bonds. The van der Waals surface area contributed by atoms with Gasteiger partial charge in [-0.05, 0) is 62.3 Å². The van der Waals surface area contributed by atoms with Crippen molar-refractivity contribution in [3.05, 3.63) is 0 Å². The minimum absolute atomic E-state index is 0.0915. The Bertz CT molecular complexity index is 388. The quantitative estimate of drug-likeness (QED) is 0.762. The predicted molar refractivity (Wildman–Crippen MR) is 89.3 cm³/mol. The molecular weight excluding hydrogens is 274 g/mol. The molecule has 0 aromatic rings. The van der Waals surface area contributed by atoms with E-state index in [1.807, 2.05) is 0 Å². The second-order valence-electron chi connectivity index (χ2n) is 8.29. The number of piperidine rings is 1. The first kappa shape index (κ1) is 16.3. The van der Waals surface area contributed by atoms with Crippen LogP contribution in [0.3, 0.4) is 0 Å². The summed E-state index contributed by atoms with van der Waals surface area (Å²) in [5.74, 6) is 3.10. The molecule has 3 N–H and O–H groups in total. The first-order valence-electron chi connectivity index (χ1n) is 9.30. The van der Waals surface area contributed by atoms with E-state index in [1.165, 1.54) is 38.8 Å². The second kappa shape index (κ2) is 6.88. The van der Waals surface area contributed by atoms with Crippen molar-refractivity contribution < 1.29 is 4.79 Å². The zero-order valence-electron chi connectivity index (χ0n) is 14.3. The minimum Gasteiger partial charge on any atom is -0.356 e. The Kier molecular flexibility index (Phi) is 5.08. The SMILES string of the molecule is CC1CC(C)CN(CCCNC(=O)C2C3CCC(C3)C2N)C1. The van der Waals surface area contributed by atoms with Gasteiger partial charge in [-0.25, -0.2) is 0 Å². The minimum atomic E-state index is 0.0915. The molecule has 1 heterocycles. The lowest BCUT2D eigenvalue weighted by Gasteiger charge is -2.35. The van der Waals surface area contributed by atoms with Gasteiger partial charge in [-0.2, -0.15) is 0 Å². The van der Waals surface area contributed by atoms with Crippen LogP contribution in [0.4, 0.5) is 0 Å². The van der Waals surface area contributed by atoms with Gasteiger partial charge in [-0.15, -0.1) is 0 Å². The van der Waals surface area contributed by atoms with Gasteiger partial charge in [0.2, 0.25) is 5.91 Å². The molecule has 2 aliphatic carbocycles. The van der Waals surface area contributed by atoms with Gasteiger partial charge in [0.1, 0.15) is 0 Å². The van der Waals surface area contributed by atoms with Gasteiger partial charge in [-0.3, -0.25) is 4.79 Å². The van der Waals surface area contributed by atoms with Crippen LogP contribution in [0.5, 0.6) is 0 Å². The van der Waals surface area contributed by atoms with Gasteiger partial charge < -0.3 is 16.0 Å². The van der Waals surface area contributed by atoms with Crippen molar-refractivity contribution >= 4 is 5.91 Å². The van der Waals surface area contributed by atoms with E-state index in [9.17, 15) is 4.79 Å². The highest BCUT2D eigenvalue weighted by Crippen LogP contribution is 2.47. The van der Waals surface area contributed by atoms with Crippen molar-refractivity contribution in [3.63, 3.8) is 0 Å². The largest absolute Gasteiger partial charge is 0.356 e. The number of fused-ring (bicyclic) bond motifs is 2. The molecule has 0 aromatic carbocycles. The fraction of sp³-hybridized carbons (Fsp3) is 0.944. The molecule has 22 heavy (non-hydrogen) atoms. The van der Waals surface area contributed by atoms with E-state index >= 15 is 0 Å². The van der Waals surface area contributed by atoms with Gasteiger partial charge in [0, 0.05) is 25.7 Å². The molecule has 1 aliphatic heterocycles. The molecule has 2 saturated carbocycles. The van der Waals surface area contributed by atoms with Gasteiger partial charge in [0.15, 0.2) is 0 Å². The maximum absolute atomic E-state index is 12.4. The van der Waals surface area contributed by atoms with E-state index in [4.69, 9.17) is 5.73 Å². The number of likely N-dealkylation sites (tertiary alicyclic amines) is 1. The molecule has 1 saturated heterocycles. The number of hydrogen-bond acceptors (Lipinski definition) is 3. The molecule has 3 rings (SSSR count). The van der Waals surface area contributed by atoms with Crippen LogP contribution in [0.2, 0.25) is 0 Å². The highest BCUT2D eigenvalue weighted by atomic mass is 16.1. The summed E-state index contributed by atoms with van der Waals surface area (Å²) in [6, 6.07) is 0.113. The first-order chi connectivity index (χ1) is 10.5. The summed E-state index contributed by atoms with van der Waals surface area (Å²) in [7, 11) is 0. The van der Waals surface area contributed by atoms with Crippen molar-refractivity contribution in [2.45, 2.75) is 52.0 Å². The van der Waals surface area contributed by atoms with E-state index in [2.05, 4.69) is 24.1 Å². The zero-order chi connectivity index (χ0) is 15.7. The van der Waals surface area contributed by atoms with Gasteiger partial charge in [-0.1, -0.05) is 13.8 Å². The third-order valence-electron chi connectivity index (χ3n) is 6.18. The Labute approximate surface area is 135 Å². The Balaban J connectivity index is 1.36. The number of carbonyl (C=O) groups is 1. The van der Waals surface area contributed by atoms with Crippen molar-refractivity contribution in [1.29, 1.82) is 0 Å². The first-order valence-corrected chi connectivity index (χ1v) is 9.30. The standard InChI is InChI=1S/C18H33N3O/c1-12-8-13(2)11-21(10-12)7-3-6-20-18(22)16-14-4-5-15(9-14)17(16)19/h12-17H,3-11,19H2,1-2H3,(H,20,22). The Morgan fingerprint density at radius 1 is 1.14 bits per heavy atom. The number of nitrogens with one attached hydrogen (secondary N) is 1. The summed E-state index contributed by atoms with van der Waals surface area (Å²) in [6.07, 6.45) is 6.04. The normalized spacial score (nSPS) is 41.8. The van der Waals surface area contributed by atoms with Crippen molar-refractivity contribution in [2.24, 2.45) is 35.3 Å².